The zero-order chi connectivity index (χ0) is 18.0. The Hall–Kier alpha value is -2.54. The number of ether oxygens (including phenoxy) is 4. The fourth-order valence-corrected chi connectivity index (χ4v) is 3.91. The summed E-state index contributed by atoms with van der Waals surface area (Å²) < 4.78 is 21.6. The van der Waals surface area contributed by atoms with Crippen LogP contribution in [-0.2, 0) is 6.42 Å². The monoisotopic (exact) mass is 361 g/mol. The topological polar surface area (TPSA) is 69.5 Å². The van der Waals surface area contributed by atoms with Crippen LogP contribution in [0.15, 0.2) is 39.2 Å². The van der Waals surface area contributed by atoms with Crippen LogP contribution in [0.5, 0.6) is 23.0 Å². The third-order valence-corrected chi connectivity index (χ3v) is 5.22. The smallest absolute Gasteiger partial charge is 0.161 e. The summed E-state index contributed by atoms with van der Waals surface area (Å²) in [4.78, 5) is 1.92. The van der Waals surface area contributed by atoms with E-state index in [0.29, 0.717) is 35.1 Å². The van der Waals surface area contributed by atoms with E-state index >= 15 is 0 Å². The van der Waals surface area contributed by atoms with Crippen LogP contribution in [0.3, 0.4) is 0 Å². The van der Waals surface area contributed by atoms with E-state index in [9.17, 15) is 5.21 Å². The van der Waals surface area contributed by atoms with E-state index in [1.165, 1.54) is 0 Å². The van der Waals surface area contributed by atoms with Crippen LogP contribution >= 0.6 is 11.8 Å². The highest BCUT2D eigenvalue weighted by Gasteiger charge is 2.24. The summed E-state index contributed by atoms with van der Waals surface area (Å²) in [5, 5.41) is 13.1. The van der Waals surface area contributed by atoms with Crippen molar-refractivity contribution in [1.82, 2.24) is 0 Å². The molecule has 0 atom stereocenters. The van der Waals surface area contributed by atoms with Crippen LogP contribution in [-0.4, -0.2) is 39.4 Å². The van der Waals surface area contributed by atoms with Gasteiger partial charge in [-0.1, -0.05) is 16.9 Å². The van der Waals surface area contributed by atoms with Crippen LogP contribution < -0.4 is 18.9 Å². The molecule has 0 amide bonds. The molecule has 1 aliphatic rings. The molecule has 1 N–H and O–H groups in total. The molecule has 2 aromatic carbocycles. The number of oxime groups is 1. The van der Waals surface area contributed by atoms with E-state index in [0.717, 1.165) is 20.9 Å². The number of nitrogens with zero attached hydrogens (tertiary/aromatic N) is 1. The lowest BCUT2D eigenvalue weighted by Gasteiger charge is -2.13. The van der Waals surface area contributed by atoms with Gasteiger partial charge in [-0.15, -0.1) is 0 Å². The van der Waals surface area contributed by atoms with Gasteiger partial charge in [0.15, 0.2) is 23.0 Å². The molecule has 0 bridgehead atoms. The second-order valence-corrected chi connectivity index (χ2v) is 6.43. The van der Waals surface area contributed by atoms with Gasteiger partial charge in [0.1, 0.15) is 0 Å². The van der Waals surface area contributed by atoms with Crippen molar-refractivity contribution in [3.63, 3.8) is 0 Å². The molecule has 7 heteroatoms. The molecular formula is C18H19NO5S. The van der Waals surface area contributed by atoms with Gasteiger partial charge in [-0.2, -0.15) is 0 Å². The molecule has 3 rings (SSSR count). The van der Waals surface area contributed by atoms with Gasteiger partial charge in [-0.05, 0) is 29.8 Å². The Balaban J connectivity index is 2.19. The molecule has 0 saturated carbocycles. The molecule has 0 aromatic heterocycles. The van der Waals surface area contributed by atoms with Crippen molar-refractivity contribution >= 4 is 17.5 Å². The molecule has 1 heterocycles. The first-order valence-corrected chi connectivity index (χ1v) is 8.36. The van der Waals surface area contributed by atoms with Crippen LogP contribution in [0.4, 0.5) is 0 Å². The minimum Gasteiger partial charge on any atom is -0.493 e. The number of benzene rings is 2. The van der Waals surface area contributed by atoms with Crippen molar-refractivity contribution in [2.45, 2.75) is 16.2 Å². The van der Waals surface area contributed by atoms with Crippen molar-refractivity contribution in [3.05, 3.63) is 35.4 Å². The highest BCUT2D eigenvalue weighted by molar-refractivity contribution is 7.99. The Bertz CT molecular complexity index is 835. The van der Waals surface area contributed by atoms with Gasteiger partial charge in [0.25, 0.3) is 0 Å². The third-order valence-electron chi connectivity index (χ3n) is 4.06. The van der Waals surface area contributed by atoms with Crippen molar-refractivity contribution in [2.75, 3.05) is 28.4 Å². The molecule has 1 aliphatic heterocycles. The van der Waals surface area contributed by atoms with E-state index < -0.39 is 0 Å². The second-order valence-electron chi connectivity index (χ2n) is 5.34. The van der Waals surface area contributed by atoms with Crippen molar-refractivity contribution in [1.29, 1.82) is 0 Å². The zero-order valence-corrected chi connectivity index (χ0v) is 15.3. The molecule has 0 spiro atoms. The molecule has 0 aliphatic carbocycles. The number of hydrogen-bond donors (Lipinski definition) is 1. The Labute approximate surface area is 150 Å². The molecule has 0 radical (unpaired) electrons. The lowest BCUT2D eigenvalue weighted by Crippen LogP contribution is -2.06. The fourth-order valence-electron chi connectivity index (χ4n) is 2.79. The van der Waals surface area contributed by atoms with E-state index in [1.807, 2.05) is 24.3 Å². The summed E-state index contributed by atoms with van der Waals surface area (Å²) >= 11 is 1.56. The molecule has 132 valence electrons. The summed E-state index contributed by atoms with van der Waals surface area (Å²) in [5.74, 6) is 2.50. The molecule has 0 fully saturated rings. The maximum Gasteiger partial charge on any atom is 0.161 e. The summed E-state index contributed by atoms with van der Waals surface area (Å²) in [6.07, 6.45) is 0.460. The first-order valence-electron chi connectivity index (χ1n) is 7.55. The fraction of sp³-hybridized carbons (Fsp3) is 0.278. The predicted molar refractivity (Wildman–Crippen MR) is 95.2 cm³/mol. The van der Waals surface area contributed by atoms with Gasteiger partial charge in [0, 0.05) is 21.8 Å². The Morgan fingerprint density at radius 1 is 0.800 bits per heavy atom. The number of rotatable bonds is 4. The predicted octanol–water partition coefficient (Wildman–Crippen LogP) is 3.61. The first-order chi connectivity index (χ1) is 12.1. The van der Waals surface area contributed by atoms with Crippen LogP contribution in [0.2, 0.25) is 0 Å². The quantitative estimate of drug-likeness (QED) is 0.663. The summed E-state index contributed by atoms with van der Waals surface area (Å²) in [6, 6.07) is 7.55. The number of fused-ring (bicyclic) bond motifs is 2. The van der Waals surface area contributed by atoms with Crippen LogP contribution in [0, 0.1) is 0 Å². The first kappa shape index (κ1) is 17.3. The van der Waals surface area contributed by atoms with E-state index in [-0.39, 0.29) is 0 Å². The van der Waals surface area contributed by atoms with Gasteiger partial charge in [-0.25, -0.2) is 0 Å². The summed E-state index contributed by atoms with van der Waals surface area (Å²) in [6.45, 7) is 0. The highest BCUT2D eigenvalue weighted by Crippen LogP contribution is 2.45. The van der Waals surface area contributed by atoms with Gasteiger partial charge < -0.3 is 24.2 Å². The van der Waals surface area contributed by atoms with Gasteiger partial charge in [-0.3, -0.25) is 0 Å². The molecule has 25 heavy (non-hydrogen) atoms. The van der Waals surface area contributed by atoms with E-state index in [2.05, 4.69) is 5.16 Å². The Kier molecular flexibility index (Phi) is 4.94. The van der Waals surface area contributed by atoms with Gasteiger partial charge >= 0.3 is 0 Å². The Morgan fingerprint density at radius 3 is 1.88 bits per heavy atom. The van der Waals surface area contributed by atoms with E-state index in [1.54, 1.807) is 40.2 Å². The van der Waals surface area contributed by atoms with Crippen LogP contribution in [0.1, 0.15) is 11.1 Å². The minimum atomic E-state index is 0.460. The largest absolute Gasteiger partial charge is 0.493 e. The number of methoxy groups -OCH3 is 4. The zero-order valence-electron chi connectivity index (χ0n) is 14.5. The normalized spacial score (nSPS) is 14.3. The molecule has 0 unspecified atom stereocenters. The molecular weight excluding hydrogens is 342 g/mol. The SMILES string of the molecule is COc1cc2c(cc1OC)Sc1cc(OC)c(OC)cc1C(=NO)C2. The maximum atomic E-state index is 9.56. The van der Waals surface area contributed by atoms with Crippen LogP contribution in [0.25, 0.3) is 0 Å². The third kappa shape index (κ3) is 3.07. The van der Waals surface area contributed by atoms with E-state index in [4.69, 9.17) is 18.9 Å². The lowest BCUT2D eigenvalue weighted by molar-refractivity contribution is 0.318. The average molecular weight is 361 g/mol. The number of hydrogen-bond acceptors (Lipinski definition) is 7. The Morgan fingerprint density at radius 2 is 1.32 bits per heavy atom. The molecule has 6 nitrogen and oxygen atoms in total. The molecule has 2 aromatic rings. The highest BCUT2D eigenvalue weighted by atomic mass is 32.2. The summed E-state index contributed by atoms with van der Waals surface area (Å²) in [7, 11) is 6.37. The lowest BCUT2D eigenvalue weighted by atomic mass is 10.0. The summed E-state index contributed by atoms with van der Waals surface area (Å²) in [5.41, 5.74) is 2.35. The maximum absolute atomic E-state index is 9.56. The minimum absolute atomic E-state index is 0.460. The second kappa shape index (κ2) is 7.14. The standard InChI is InChI=1S/C18H19NO5S/c1-21-13-6-10-5-12(19-20)11-7-14(22-2)16(24-4)9-18(11)25-17(10)8-15(13)23-3/h6-9,20H,5H2,1-4H3. The van der Waals surface area contributed by atoms with Crippen molar-refractivity contribution < 1.29 is 24.2 Å². The van der Waals surface area contributed by atoms with Crippen molar-refractivity contribution in [3.8, 4) is 23.0 Å². The van der Waals surface area contributed by atoms with Gasteiger partial charge in [0.2, 0.25) is 0 Å². The average Bonchev–Trinajstić information content (AvgIpc) is 2.80. The van der Waals surface area contributed by atoms with Gasteiger partial charge in [0.05, 0.1) is 34.2 Å². The molecule has 0 saturated heterocycles. The van der Waals surface area contributed by atoms with Crippen molar-refractivity contribution in [2.24, 2.45) is 5.16 Å².